The summed E-state index contributed by atoms with van der Waals surface area (Å²) in [5.74, 6) is -1.28. The van der Waals surface area contributed by atoms with Crippen LogP contribution in [0, 0.1) is 8.99 Å². The summed E-state index contributed by atoms with van der Waals surface area (Å²) in [5, 5.41) is 11.5. The Morgan fingerprint density at radius 2 is 2.00 bits per heavy atom. The molecule has 0 fully saturated rings. The first-order valence-corrected chi connectivity index (χ1v) is 6.38. The first kappa shape index (κ1) is 14.7. The van der Waals surface area contributed by atoms with Crippen molar-refractivity contribution in [3.05, 3.63) is 27.3 Å². The third-order valence-corrected chi connectivity index (χ3v) is 3.07. The lowest BCUT2D eigenvalue weighted by atomic mass is 9.94. The SMILES string of the molecule is CC(C)(CNC(=O)c1cc(N)cc(I)c1)C(=O)O. The number of nitrogen functional groups attached to an aromatic ring is 1. The molecule has 0 radical (unpaired) electrons. The van der Waals surface area contributed by atoms with Crippen molar-refractivity contribution in [1.82, 2.24) is 5.32 Å². The minimum Gasteiger partial charge on any atom is -0.481 e. The molecule has 1 aromatic rings. The fraction of sp³-hybridized carbons (Fsp3) is 0.333. The third-order valence-electron chi connectivity index (χ3n) is 2.45. The van der Waals surface area contributed by atoms with Crippen LogP contribution in [0.5, 0.6) is 0 Å². The van der Waals surface area contributed by atoms with Crippen molar-refractivity contribution < 1.29 is 14.7 Å². The van der Waals surface area contributed by atoms with Gasteiger partial charge in [0.05, 0.1) is 5.41 Å². The molecule has 98 valence electrons. The lowest BCUT2D eigenvalue weighted by molar-refractivity contribution is -0.146. The van der Waals surface area contributed by atoms with Gasteiger partial charge in [-0.15, -0.1) is 0 Å². The molecule has 0 saturated carbocycles. The number of carbonyl (C=O) groups excluding carboxylic acids is 1. The number of benzene rings is 1. The number of hydrogen-bond donors (Lipinski definition) is 3. The second-order valence-corrected chi connectivity index (χ2v) is 5.89. The summed E-state index contributed by atoms with van der Waals surface area (Å²) in [6, 6.07) is 5.00. The fourth-order valence-corrected chi connectivity index (χ4v) is 1.92. The van der Waals surface area contributed by atoms with Crippen LogP contribution in [0.1, 0.15) is 24.2 Å². The van der Waals surface area contributed by atoms with Gasteiger partial charge < -0.3 is 16.2 Å². The highest BCUT2D eigenvalue weighted by Crippen LogP contribution is 2.16. The Balaban J connectivity index is 2.75. The van der Waals surface area contributed by atoms with E-state index in [0.29, 0.717) is 11.3 Å². The highest BCUT2D eigenvalue weighted by molar-refractivity contribution is 14.1. The molecule has 0 atom stereocenters. The van der Waals surface area contributed by atoms with Gasteiger partial charge in [0.1, 0.15) is 0 Å². The predicted octanol–water partition coefficient (Wildman–Crippen LogP) is 1.71. The number of carboxylic acid groups (broad SMARTS) is 1. The molecule has 0 heterocycles. The standard InChI is InChI=1S/C12H15IN2O3/c1-12(2,11(17)18)6-15-10(16)7-3-8(13)5-9(14)4-7/h3-5H,6,14H2,1-2H3,(H,15,16)(H,17,18). The van der Waals surface area contributed by atoms with Gasteiger partial charge >= 0.3 is 5.97 Å². The van der Waals surface area contributed by atoms with Crippen LogP contribution in [-0.2, 0) is 4.79 Å². The van der Waals surface area contributed by atoms with E-state index in [9.17, 15) is 9.59 Å². The van der Waals surface area contributed by atoms with Gasteiger partial charge in [0.25, 0.3) is 5.91 Å². The topological polar surface area (TPSA) is 92.4 Å². The molecule has 0 aliphatic carbocycles. The van der Waals surface area contributed by atoms with Gasteiger partial charge in [0, 0.05) is 21.4 Å². The molecule has 5 nitrogen and oxygen atoms in total. The lowest BCUT2D eigenvalue weighted by Crippen LogP contribution is -2.38. The van der Waals surface area contributed by atoms with Gasteiger partial charge in [-0.3, -0.25) is 9.59 Å². The number of rotatable bonds is 4. The number of hydrogen-bond acceptors (Lipinski definition) is 3. The molecule has 1 rings (SSSR count). The van der Waals surface area contributed by atoms with Crippen LogP contribution >= 0.6 is 22.6 Å². The molecule has 0 unspecified atom stereocenters. The van der Waals surface area contributed by atoms with Gasteiger partial charge in [-0.25, -0.2) is 0 Å². The molecule has 4 N–H and O–H groups in total. The second-order valence-electron chi connectivity index (χ2n) is 4.64. The Kier molecular flexibility index (Phi) is 4.55. The van der Waals surface area contributed by atoms with Crippen molar-refractivity contribution in [1.29, 1.82) is 0 Å². The van der Waals surface area contributed by atoms with Gasteiger partial charge in [0.15, 0.2) is 0 Å². The van der Waals surface area contributed by atoms with E-state index in [1.165, 1.54) is 0 Å². The quantitative estimate of drug-likeness (QED) is 0.562. The Labute approximate surface area is 119 Å². The van der Waals surface area contributed by atoms with E-state index >= 15 is 0 Å². The monoisotopic (exact) mass is 362 g/mol. The van der Waals surface area contributed by atoms with E-state index in [1.807, 2.05) is 0 Å². The molecule has 0 aliphatic rings. The van der Waals surface area contributed by atoms with Gasteiger partial charge in [-0.05, 0) is 54.6 Å². The summed E-state index contributed by atoms with van der Waals surface area (Å²) in [6.45, 7) is 3.17. The number of nitrogens with two attached hydrogens (primary N) is 1. The molecule has 0 bridgehead atoms. The van der Waals surface area contributed by atoms with E-state index in [1.54, 1.807) is 32.0 Å². The van der Waals surface area contributed by atoms with Crippen molar-refractivity contribution in [3.63, 3.8) is 0 Å². The summed E-state index contributed by atoms with van der Waals surface area (Å²) in [6.07, 6.45) is 0. The van der Waals surface area contributed by atoms with Crippen LogP contribution in [0.25, 0.3) is 0 Å². The second kappa shape index (κ2) is 5.55. The molecule has 1 aromatic carbocycles. The van der Waals surface area contributed by atoms with Crippen molar-refractivity contribution >= 4 is 40.2 Å². The maximum absolute atomic E-state index is 11.9. The summed E-state index contributed by atoms with van der Waals surface area (Å²) >= 11 is 2.07. The molecular weight excluding hydrogens is 347 g/mol. The van der Waals surface area contributed by atoms with Gasteiger partial charge in [-0.1, -0.05) is 0 Å². The van der Waals surface area contributed by atoms with Crippen LogP contribution in [0.4, 0.5) is 5.69 Å². The van der Waals surface area contributed by atoms with Crippen LogP contribution in [0.3, 0.4) is 0 Å². The Hall–Kier alpha value is -1.31. The number of nitrogens with one attached hydrogen (secondary N) is 1. The maximum Gasteiger partial charge on any atom is 0.310 e. The zero-order chi connectivity index (χ0) is 13.9. The van der Waals surface area contributed by atoms with Crippen LogP contribution < -0.4 is 11.1 Å². The Morgan fingerprint density at radius 3 is 2.50 bits per heavy atom. The summed E-state index contributed by atoms with van der Waals surface area (Å²) in [7, 11) is 0. The van der Waals surface area contributed by atoms with E-state index < -0.39 is 11.4 Å². The first-order valence-electron chi connectivity index (χ1n) is 5.30. The highest BCUT2D eigenvalue weighted by atomic mass is 127. The third kappa shape index (κ3) is 3.86. The summed E-state index contributed by atoms with van der Waals surface area (Å²) in [4.78, 5) is 22.8. The van der Waals surface area contributed by atoms with Crippen molar-refractivity contribution in [2.24, 2.45) is 5.41 Å². The largest absolute Gasteiger partial charge is 0.481 e. The smallest absolute Gasteiger partial charge is 0.310 e. The molecule has 0 saturated heterocycles. The van der Waals surface area contributed by atoms with E-state index in [-0.39, 0.29) is 12.5 Å². The molecule has 18 heavy (non-hydrogen) atoms. The van der Waals surface area contributed by atoms with E-state index in [2.05, 4.69) is 27.9 Å². The van der Waals surface area contributed by atoms with Crippen molar-refractivity contribution in [2.75, 3.05) is 12.3 Å². The van der Waals surface area contributed by atoms with E-state index in [0.717, 1.165) is 3.57 Å². The summed E-state index contributed by atoms with van der Waals surface area (Å²) in [5.41, 5.74) is 5.59. The first-order chi connectivity index (χ1) is 8.22. The molecule has 0 spiro atoms. The van der Waals surface area contributed by atoms with Crippen LogP contribution in [-0.4, -0.2) is 23.5 Å². The number of anilines is 1. The predicted molar refractivity (Wildman–Crippen MR) is 77.3 cm³/mol. The fourth-order valence-electron chi connectivity index (χ4n) is 1.22. The number of amides is 1. The molecule has 0 aliphatic heterocycles. The van der Waals surface area contributed by atoms with Crippen LogP contribution in [0.2, 0.25) is 0 Å². The van der Waals surface area contributed by atoms with Gasteiger partial charge in [0.2, 0.25) is 0 Å². The molecular formula is C12H15IN2O3. The van der Waals surface area contributed by atoms with E-state index in [4.69, 9.17) is 10.8 Å². The summed E-state index contributed by atoms with van der Waals surface area (Å²) < 4.78 is 0.857. The molecule has 0 aromatic heterocycles. The zero-order valence-electron chi connectivity index (χ0n) is 10.2. The Bertz CT molecular complexity index is 466. The zero-order valence-corrected chi connectivity index (χ0v) is 12.3. The number of carbonyl (C=O) groups is 2. The molecule has 6 heteroatoms. The highest BCUT2D eigenvalue weighted by Gasteiger charge is 2.27. The minimum absolute atomic E-state index is 0.0620. The van der Waals surface area contributed by atoms with Crippen molar-refractivity contribution in [2.45, 2.75) is 13.8 Å². The minimum atomic E-state index is -0.997. The molecule has 1 amide bonds. The number of aliphatic carboxylic acids is 1. The number of halogens is 1. The Morgan fingerprint density at radius 1 is 1.39 bits per heavy atom. The normalized spacial score (nSPS) is 11.1. The lowest BCUT2D eigenvalue weighted by Gasteiger charge is -2.19. The number of carboxylic acids is 1. The maximum atomic E-state index is 11.9. The average Bonchev–Trinajstić information content (AvgIpc) is 2.24. The van der Waals surface area contributed by atoms with Crippen LogP contribution in [0.15, 0.2) is 18.2 Å². The van der Waals surface area contributed by atoms with Gasteiger partial charge in [-0.2, -0.15) is 0 Å². The average molecular weight is 362 g/mol. The van der Waals surface area contributed by atoms with Crippen molar-refractivity contribution in [3.8, 4) is 0 Å².